The maximum absolute atomic E-state index is 10.3. The van der Waals surface area contributed by atoms with Crippen LogP contribution < -0.4 is 17.3 Å². The van der Waals surface area contributed by atoms with Gasteiger partial charge in [0, 0.05) is 6.42 Å². The molecule has 0 aliphatic rings. The second kappa shape index (κ2) is 10.4. The number of nitrogens with zero attached hydrogens (tertiary/aromatic N) is 1. The average molecular weight is 371 g/mol. The molecule has 0 aromatic heterocycles. The van der Waals surface area contributed by atoms with Gasteiger partial charge in [0.2, 0.25) is 0 Å². The van der Waals surface area contributed by atoms with Gasteiger partial charge in [-0.05, 0) is 50.5 Å². The van der Waals surface area contributed by atoms with Crippen molar-refractivity contribution in [1.82, 2.24) is 0 Å². The van der Waals surface area contributed by atoms with Crippen LogP contribution in [0.4, 0.5) is 0 Å². The van der Waals surface area contributed by atoms with Crippen molar-refractivity contribution in [3.05, 3.63) is 59.7 Å². The summed E-state index contributed by atoms with van der Waals surface area (Å²) in [5.41, 5.74) is 1.99. The van der Waals surface area contributed by atoms with Crippen LogP contribution in [0.15, 0.2) is 54.1 Å². The highest BCUT2D eigenvalue weighted by atomic mass is 35.5. The Morgan fingerprint density at radius 1 is 1.08 bits per heavy atom. The third kappa shape index (κ3) is 5.10. The summed E-state index contributed by atoms with van der Waals surface area (Å²) in [6, 6.07) is 17.5. The van der Waals surface area contributed by atoms with Gasteiger partial charge in [-0.15, -0.1) is 0 Å². The second-order valence-electron chi connectivity index (χ2n) is 7.16. The molecule has 0 fully saturated rings. The zero-order chi connectivity index (χ0) is 18.3. The number of nitrogens with one attached hydrogen (secondary N) is 1. The van der Waals surface area contributed by atoms with Gasteiger partial charge in [0.25, 0.3) is 0 Å². The predicted molar refractivity (Wildman–Crippen MR) is 107 cm³/mol. The highest BCUT2D eigenvalue weighted by molar-refractivity contribution is 5.87. The molecule has 0 saturated carbocycles. The highest BCUT2D eigenvalue weighted by Crippen LogP contribution is 2.36. The number of hydrogen-bond donors (Lipinski definition) is 1. The Labute approximate surface area is 164 Å². The van der Waals surface area contributed by atoms with E-state index in [1.165, 1.54) is 21.9 Å². The molecule has 0 heterocycles. The molecule has 0 bridgehead atoms. The number of rotatable bonds is 8. The lowest BCUT2D eigenvalue weighted by Gasteiger charge is -2.29. The van der Waals surface area contributed by atoms with Crippen LogP contribution in [0.25, 0.3) is 10.8 Å². The molecule has 2 aromatic rings. The van der Waals surface area contributed by atoms with Crippen molar-refractivity contribution in [1.29, 1.82) is 5.26 Å². The van der Waals surface area contributed by atoms with Gasteiger partial charge in [-0.25, -0.2) is 0 Å². The Hall–Kier alpha value is -1.82. The van der Waals surface area contributed by atoms with Gasteiger partial charge in [0.05, 0.1) is 31.1 Å². The summed E-state index contributed by atoms with van der Waals surface area (Å²) < 4.78 is 0. The number of halogens is 1. The summed E-state index contributed by atoms with van der Waals surface area (Å²) in [4.78, 5) is 1.55. The molecule has 1 unspecified atom stereocenters. The van der Waals surface area contributed by atoms with Gasteiger partial charge in [-0.3, -0.25) is 0 Å². The summed E-state index contributed by atoms with van der Waals surface area (Å²) >= 11 is 0. The van der Waals surface area contributed by atoms with Crippen molar-refractivity contribution in [2.75, 3.05) is 19.6 Å². The van der Waals surface area contributed by atoms with Crippen molar-refractivity contribution >= 4 is 10.8 Å². The molecule has 2 nitrogen and oxygen atoms in total. The van der Waals surface area contributed by atoms with E-state index in [2.05, 4.69) is 82.3 Å². The summed E-state index contributed by atoms with van der Waals surface area (Å²) in [5, 5.41) is 12.7. The van der Waals surface area contributed by atoms with Crippen LogP contribution in [0.1, 0.15) is 46.1 Å². The van der Waals surface area contributed by atoms with Crippen LogP contribution >= 0.6 is 0 Å². The molecule has 0 spiro atoms. The van der Waals surface area contributed by atoms with Crippen LogP contribution in [0.3, 0.4) is 0 Å². The van der Waals surface area contributed by atoms with Crippen molar-refractivity contribution in [3.8, 4) is 6.07 Å². The maximum Gasteiger partial charge on any atom is 0.0915 e. The standard InChI is InChI=1S/C23H30N2.ClH/c1-5-25(6-2)17-16-23(18-24,15-14-19(3)4)22-13-9-11-20-10-7-8-12-21(20)22;/h7-14H,5-6,15-17H2,1-4H3;1H. The van der Waals surface area contributed by atoms with Gasteiger partial charge < -0.3 is 17.3 Å². The minimum Gasteiger partial charge on any atom is -1.00 e. The van der Waals surface area contributed by atoms with Gasteiger partial charge in [-0.2, -0.15) is 5.26 Å². The first-order chi connectivity index (χ1) is 12.1. The largest absolute Gasteiger partial charge is 1.00 e. The molecule has 3 heteroatoms. The second-order valence-corrected chi connectivity index (χ2v) is 7.16. The first kappa shape index (κ1) is 22.2. The molecule has 2 rings (SSSR count). The fraction of sp³-hybridized carbons (Fsp3) is 0.435. The van der Waals surface area contributed by atoms with Crippen LogP contribution in [0.5, 0.6) is 0 Å². The van der Waals surface area contributed by atoms with E-state index < -0.39 is 5.41 Å². The topological polar surface area (TPSA) is 28.2 Å². The highest BCUT2D eigenvalue weighted by Gasteiger charge is 2.34. The van der Waals surface area contributed by atoms with Crippen LogP contribution in [-0.2, 0) is 5.41 Å². The number of fused-ring (bicyclic) bond motifs is 1. The molecule has 0 radical (unpaired) electrons. The minimum atomic E-state index is -0.465. The Morgan fingerprint density at radius 2 is 1.73 bits per heavy atom. The lowest BCUT2D eigenvalue weighted by molar-refractivity contribution is -0.897. The Balaban J connectivity index is 0.00000338. The third-order valence-corrected chi connectivity index (χ3v) is 5.28. The molecule has 0 saturated heterocycles. The van der Waals surface area contributed by atoms with Gasteiger partial charge >= 0.3 is 0 Å². The van der Waals surface area contributed by atoms with Crippen molar-refractivity contribution in [2.24, 2.45) is 0 Å². The smallest absolute Gasteiger partial charge is 0.0915 e. The predicted octanol–water partition coefficient (Wildman–Crippen LogP) is 1.28. The number of quaternary nitrogens is 1. The van der Waals surface area contributed by atoms with E-state index in [-0.39, 0.29) is 12.4 Å². The van der Waals surface area contributed by atoms with Crippen molar-refractivity contribution < 1.29 is 17.3 Å². The first-order valence-corrected chi connectivity index (χ1v) is 9.42. The number of benzene rings is 2. The average Bonchev–Trinajstić information content (AvgIpc) is 2.65. The first-order valence-electron chi connectivity index (χ1n) is 9.42. The zero-order valence-corrected chi connectivity index (χ0v) is 17.2. The van der Waals surface area contributed by atoms with Crippen LogP contribution in [0.2, 0.25) is 0 Å². The normalized spacial score (nSPS) is 12.9. The van der Waals surface area contributed by atoms with E-state index in [9.17, 15) is 5.26 Å². The van der Waals surface area contributed by atoms with Crippen molar-refractivity contribution in [2.45, 2.75) is 46.0 Å². The van der Waals surface area contributed by atoms with Gasteiger partial charge in [-0.1, -0.05) is 54.1 Å². The summed E-state index contributed by atoms with van der Waals surface area (Å²) in [6.45, 7) is 11.9. The number of hydrogen-bond acceptors (Lipinski definition) is 1. The number of nitriles is 1. The van der Waals surface area contributed by atoms with Crippen LogP contribution in [0, 0.1) is 11.3 Å². The van der Waals surface area contributed by atoms with E-state index in [1.54, 1.807) is 4.90 Å². The molecule has 1 N–H and O–H groups in total. The molecule has 2 aromatic carbocycles. The molecule has 0 amide bonds. The third-order valence-electron chi connectivity index (χ3n) is 5.28. The Kier molecular flexibility index (Phi) is 8.85. The summed E-state index contributed by atoms with van der Waals surface area (Å²) in [6.07, 6.45) is 3.89. The molecule has 26 heavy (non-hydrogen) atoms. The molecular weight excluding hydrogens is 340 g/mol. The quantitative estimate of drug-likeness (QED) is 0.696. The maximum atomic E-state index is 10.3. The number of allylic oxidation sites excluding steroid dienone is 2. The van der Waals surface area contributed by atoms with Gasteiger partial charge in [0.15, 0.2) is 0 Å². The minimum absolute atomic E-state index is 0. The zero-order valence-electron chi connectivity index (χ0n) is 16.5. The monoisotopic (exact) mass is 370 g/mol. The SMILES string of the molecule is CC[NH+](CC)CCC(C#N)(CC=C(C)C)c1cccc2ccccc12.[Cl-]. The van der Waals surface area contributed by atoms with Crippen LogP contribution in [-0.4, -0.2) is 19.6 Å². The molecule has 0 aliphatic heterocycles. The lowest BCUT2D eigenvalue weighted by Crippen LogP contribution is -3.11. The van der Waals surface area contributed by atoms with E-state index in [0.717, 1.165) is 32.5 Å². The Bertz CT molecular complexity index is 762. The van der Waals surface area contributed by atoms with E-state index >= 15 is 0 Å². The molecule has 140 valence electrons. The Morgan fingerprint density at radius 3 is 2.35 bits per heavy atom. The molecule has 0 aliphatic carbocycles. The molecule has 1 atom stereocenters. The van der Waals surface area contributed by atoms with Gasteiger partial charge in [0.1, 0.15) is 0 Å². The van der Waals surface area contributed by atoms with E-state index in [0.29, 0.717) is 0 Å². The van der Waals surface area contributed by atoms with E-state index in [1.807, 2.05) is 0 Å². The lowest BCUT2D eigenvalue weighted by atomic mass is 9.74. The van der Waals surface area contributed by atoms with E-state index in [4.69, 9.17) is 0 Å². The fourth-order valence-electron chi connectivity index (χ4n) is 3.52. The summed E-state index contributed by atoms with van der Waals surface area (Å²) in [5.74, 6) is 0. The molecular formula is C23H31ClN2. The summed E-state index contributed by atoms with van der Waals surface area (Å²) in [7, 11) is 0. The van der Waals surface area contributed by atoms with Crippen molar-refractivity contribution in [3.63, 3.8) is 0 Å². The fourth-order valence-corrected chi connectivity index (χ4v) is 3.52.